The molecule has 0 aliphatic heterocycles. The first-order valence-electron chi connectivity index (χ1n) is 6.24. The van der Waals surface area contributed by atoms with Crippen LogP contribution in [0.5, 0.6) is 0 Å². The third-order valence-electron chi connectivity index (χ3n) is 3.52. The molecule has 2 atom stereocenters. The molecule has 0 aromatic carbocycles. The monoisotopic (exact) mass is 294 g/mol. The maximum Gasteiger partial charge on any atom is 0.445 e. The van der Waals surface area contributed by atoms with E-state index in [-0.39, 0.29) is 10.7 Å². The Kier molecular flexibility index (Phi) is 4.00. The van der Waals surface area contributed by atoms with Gasteiger partial charge in [-0.2, -0.15) is 13.2 Å². The molecule has 1 fully saturated rings. The number of nitrogens with zero attached hydrogens (tertiary/aromatic N) is 2. The summed E-state index contributed by atoms with van der Waals surface area (Å²) < 4.78 is 37.4. The van der Waals surface area contributed by atoms with E-state index in [9.17, 15) is 13.2 Å². The van der Waals surface area contributed by atoms with Gasteiger partial charge in [0, 0.05) is 6.54 Å². The van der Waals surface area contributed by atoms with Gasteiger partial charge < -0.3 is 11.1 Å². The van der Waals surface area contributed by atoms with E-state index in [0.29, 0.717) is 23.8 Å². The van der Waals surface area contributed by atoms with Gasteiger partial charge in [-0.05, 0) is 18.8 Å². The smallest absolute Gasteiger partial charge is 0.353 e. The molecule has 2 unspecified atom stereocenters. The Morgan fingerprint density at radius 1 is 1.47 bits per heavy atom. The minimum absolute atomic E-state index is 0.201. The molecule has 0 amide bonds. The molecule has 1 heterocycles. The van der Waals surface area contributed by atoms with E-state index in [1.54, 1.807) is 0 Å². The quantitative estimate of drug-likeness (QED) is 0.899. The Balaban J connectivity index is 2.12. The fourth-order valence-corrected chi connectivity index (χ4v) is 3.35. The lowest BCUT2D eigenvalue weighted by Gasteiger charge is -2.39. The zero-order valence-corrected chi connectivity index (χ0v) is 11.4. The summed E-state index contributed by atoms with van der Waals surface area (Å²) >= 11 is 0.535. The molecule has 8 heteroatoms. The van der Waals surface area contributed by atoms with Crippen LogP contribution in [0.3, 0.4) is 0 Å². The van der Waals surface area contributed by atoms with Crippen LogP contribution in [0.25, 0.3) is 0 Å². The summed E-state index contributed by atoms with van der Waals surface area (Å²) in [6.07, 6.45) is -0.573. The van der Waals surface area contributed by atoms with Gasteiger partial charge in [-0.25, -0.2) is 0 Å². The molecule has 0 spiro atoms. The van der Waals surface area contributed by atoms with Gasteiger partial charge in [0.1, 0.15) is 0 Å². The highest BCUT2D eigenvalue weighted by atomic mass is 32.1. The van der Waals surface area contributed by atoms with Gasteiger partial charge in [0.2, 0.25) is 10.1 Å². The van der Waals surface area contributed by atoms with Crippen LogP contribution in [0.15, 0.2) is 0 Å². The van der Waals surface area contributed by atoms with E-state index in [1.165, 1.54) is 0 Å². The summed E-state index contributed by atoms with van der Waals surface area (Å²) in [6.45, 7) is 2.52. The Morgan fingerprint density at radius 3 is 2.74 bits per heavy atom. The van der Waals surface area contributed by atoms with Crippen molar-refractivity contribution in [2.24, 2.45) is 11.7 Å². The van der Waals surface area contributed by atoms with Gasteiger partial charge in [0.25, 0.3) is 0 Å². The Morgan fingerprint density at radius 2 is 2.21 bits per heavy atom. The van der Waals surface area contributed by atoms with Gasteiger partial charge in [-0.3, -0.25) is 0 Å². The number of halogens is 3. The van der Waals surface area contributed by atoms with Gasteiger partial charge in [0.05, 0.1) is 5.54 Å². The Hall–Kier alpha value is -0.890. The third kappa shape index (κ3) is 3.36. The second-order valence-electron chi connectivity index (χ2n) is 5.22. The molecule has 1 aromatic rings. The minimum Gasteiger partial charge on any atom is -0.353 e. The third-order valence-corrected chi connectivity index (χ3v) is 4.41. The average molecular weight is 294 g/mol. The number of hydrogen-bond acceptors (Lipinski definition) is 5. The van der Waals surface area contributed by atoms with E-state index in [4.69, 9.17) is 5.73 Å². The molecule has 0 saturated heterocycles. The molecule has 1 aliphatic carbocycles. The lowest BCUT2D eigenvalue weighted by atomic mass is 9.76. The molecule has 1 saturated carbocycles. The van der Waals surface area contributed by atoms with Crippen LogP contribution in [-0.2, 0) is 6.18 Å². The van der Waals surface area contributed by atoms with Crippen LogP contribution in [0, 0.1) is 5.92 Å². The van der Waals surface area contributed by atoms with Crippen molar-refractivity contribution in [2.45, 2.75) is 44.3 Å². The van der Waals surface area contributed by atoms with Crippen molar-refractivity contribution in [3.05, 3.63) is 5.01 Å². The van der Waals surface area contributed by atoms with E-state index >= 15 is 0 Å². The highest BCUT2D eigenvalue weighted by Crippen LogP contribution is 2.37. The number of anilines is 1. The first-order valence-corrected chi connectivity index (χ1v) is 7.05. The Bertz CT molecular complexity index is 434. The van der Waals surface area contributed by atoms with Crippen molar-refractivity contribution >= 4 is 16.5 Å². The fraction of sp³-hybridized carbons (Fsp3) is 0.818. The second-order valence-corrected chi connectivity index (χ2v) is 6.20. The van der Waals surface area contributed by atoms with Crippen LogP contribution < -0.4 is 11.1 Å². The first kappa shape index (κ1) is 14.5. The van der Waals surface area contributed by atoms with E-state index < -0.39 is 11.2 Å². The predicted octanol–water partition coefficient (Wildman–Crippen LogP) is 2.88. The molecule has 0 radical (unpaired) electrons. The molecular weight excluding hydrogens is 277 g/mol. The Labute approximate surface area is 113 Å². The van der Waals surface area contributed by atoms with Gasteiger partial charge in [-0.15, -0.1) is 10.2 Å². The van der Waals surface area contributed by atoms with E-state index in [2.05, 4.69) is 22.4 Å². The van der Waals surface area contributed by atoms with Gasteiger partial charge in [0.15, 0.2) is 0 Å². The zero-order chi connectivity index (χ0) is 14.1. The van der Waals surface area contributed by atoms with E-state index in [1.807, 2.05) is 0 Å². The summed E-state index contributed by atoms with van der Waals surface area (Å²) in [4.78, 5) is 0. The number of aromatic nitrogens is 2. The average Bonchev–Trinajstić information content (AvgIpc) is 2.77. The van der Waals surface area contributed by atoms with Crippen molar-refractivity contribution in [1.29, 1.82) is 0 Å². The topological polar surface area (TPSA) is 63.8 Å². The first-order chi connectivity index (χ1) is 8.85. The fourth-order valence-electron chi connectivity index (χ4n) is 2.63. The lowest BCUT2D eigenvalue weighted by Crippen LogP contribution is -2.48. The second kappa shape index (κ2) is 5.24. The predicted molar refractivity (Wildman–Crippen MR) is 68.0 cm³/mol. The summed E-state index contributed by atoms with van der Waals surface area (Å²) in [5, 5.41) is 9.12. The number of hydrogen-bond donors (Lipinski definition) is 2. The molecule has 2 rings (SSSR count). The minimum atomic E-state index is -4.44. The number of nitrogens with one attached hydrogen (secondary N) is 1. The standard InChI is InChI=1S/C11H17F3N4S/c1-7-3-2-4-10(5-7,6-15)16-9-18-17-8(19-9)11(12,13)14/h7H,2-6,15H2,1H3,(H,16,18). The molecule has 3 N–H and O–H groups in total. The molecule has 108 valence electrons. The van der Waals surface area contributed by atoms with Gasteiger partial charge in [-0.1, -0.05) is 31.1 Å². The van der Waals surface area contributed by atoms with Crippen LogP contribution in [0.1, 0.15) is 37.6 Å². The number of rotatable bonds is 3. The molecule has 1 aromatic heterocycles. The maximum absolute atomic E-state index is 12.5. The molecule has 0 bridgehead atoms. The summed E-state index contributed by atoms with van der Waals surface area (Å²) in [6, 6.07) is 0. The van der Waals surface area contributed by atoms with Crippen molar-refractivity contribution in [3.63, 3.8) is 0 Å². The van der Waals surface area contributed by atoms with Crippen LogP contribution in [-0.4, -0.2) is 22.3 Å². The van der Waals surface area contributed by atoms with Crippen molar-refractivity contribution < 1.29 is 13.2 Å². The van der Waals surface area contributed by atoms with Crippen molar-refractivity contribution in [1.82, 2.24) is 10.2 Å². The normalized spacial score (nSPS) is 28.4. The van der Waals surface area contributed by atoms with Crippen LogP contribution in [0.2, 0.25) is 0 Å². The molecular formula is C11H17F3N4S. The van der Waals surface area contributed by atoms with Crippen molar-refractivity contribution in [2.75, 3.05) is 11.9 Å². The highest BCUT2D eigenvalue weighted by molar-refractivity contribution is 7.15. The van der Waals surface area contributed by atoms with Gasteiger partial charge >= 0.3 is 6.18 Å². The van der Waals surface area contributed by atoms with Crippen molar-refractivity contribution in [3.8, 4) is 0 Å². The maximum atomic E-state index is 12.5. The largest absolute Gasteiger partial charge is 0.445 e. The number of nitrogens with two attached hydrogens (primary N) is 1. The summed E-state index contributed by atoms with van der Waals surface area (Å²) in [5.74, 6) is 0.514. The molecule has 1 aliphatic rings. The molecule has 19 heavy (non-hydrogen) atoms. The highest BCUT2D eigenvalue weighted by Gasteiger charge is 2.38. The lowest BCUT2D eigenvalue weighted by molar-refractivity contribution is -0.138. The summed E-state index contributed by atoms with van der Waals surface area (Å²) in [5.41, 5.74) is 5.47. The summed E-state index contributed by atoms with van der Waals surface area (Å²) in [7, 11) is 0. The molecule has 4 nitrogen and oxygen atoms in total. The van der Waals surface area contributed by atoms with Crippen LogP contribution in [0.4, 0.5) is 18.3 Å². The number of alkyl halides is 3. The van der Waals surface area contributed by atoms with Crippen LogP contribution >= 0.6 is 11.3 Å². The zero-order valence-electron chi connectivity index (χ0n) is 10.6. The SMILES string of the molecule is CC1CCCC(CN)(Nc2nnc(C(F)(F)F)s2)C1. The van der Waals surface area contributed by atoms with E-state index in [0.717, 1.165) is 25.7 Å².